The van der Waals surface area contributed by atoms with Gasteiger partial charge in [0.05, 0.1) is 12.1 Å². The normalized spacial score (nSPS) is 30.1. The molecule has 5 heteroatoms. The van der Waals surface area contributed by atoms with Gasteiger partial charge in [-0.25, -0.2) is 4.79 Å². The van der Waals surface area contributed by atoms with Crippen LogP contribution in [0.1, 0.15) is 27.2 Å². The first-order valence-corrected chi connectivity index (χ1v) is 6.82. The van der Waals surface area contributed by atoms with Crippen LogP contribution in [0.15, 0.2) is 0 Å². The third-order valence-electron chi connectivity index (χ3n) is 2.72. The lowest BCUT2D eigenvalue weighted by molar-refractivity contribution is 0.0161. The van der Waals surface area contributed by atoms with Gasteiger partial charge in [0.1, 0.15) is 12.3 Å². The Hall–Kier alpha value is -0.420. The van der Waals surface area contributed by atoms with Gasteiger partial charge < -0.3 is 9.47 Å². The van der Waals surface area contributed by atoms with Gasteiger partial charge >= 0.3 is 6.09 Å². The van der Waals surface area contributed by atoms with E-state index in [1.165, 1.54) is 0 Å². The highest BCUT2D eigenvalue weighted by molar-refractivity contribution is 7.99. The Bertz CT molecular complexity index is 277. The molecule has 0 aromatic rings. The van der Waals surface area contributed by atoms with Gasteiger partial charge in [-0.05, 0) is 32.9 Å². The first-order chi connectivity index (χ1) is 7.47. The highest BCUT2D eigenvalue weighted by Gasteiger charge is 2.41. The number of carbonyl (C=O) groups is 1. The van der Waals surface area contributed by atoms with Gasteiger partial charge in [0, 0.05) is 5.75 Å². The molecule has 0 N–H and O–H groups in total. The van der Waals surface area contributed by atoms with Crippen molar-refractivity contribution in [2.45, 2.75) is 44.9 Å². The summed E-state index contributed by atoms with van der Waals surface area (Å²) in [6.45, 7) is 6.03. The zero-order valence-electron chi connectivity index (χ0n) is 10.1. The molecule has 0 aliphatic carbocycles. The standard InChI is InChI=1S/C11H19NO3S/c1-11(2,3)15-10(13)12-7-14-9-4-5-16-6-8(9)12/h8-9H,4-7H2,1-3H3. The number of hydrogen-bond donors (Lipinski definition) is 0. The molecule has 2 unspecified atom stereocenters. The maximum atomic E-state index is 11.9. The fraction of sp³-hybridized carbons (Fsp3) is 0.909. The maximum absolute atomic E-state index is 11.9. The summed E-state index contributed by atoms with van der Waals surface area (Å²) in [5, 5.41) is 0. The first-order valence-electron chi connectivity index (χ1n) is 5.66. The summed E-state index contributed by atoms with van der Waals surface area (Å²) in [4.78, 5) is 13.7. The molecule has 2 aliphatic rings. The van der Waals surface area contributed by atoms with Crippen molar-refractivity contribution in [1.29, 1.82) is 0 Å². The first kappa shape index (κ1) is 12.0. The Labute approximate surface area is 101 Å². The SMILES string of the molecule is CC(C)(C)OC(=O)N1COC2CCSCC21. The van der Waals surface area contributed by atoms with Crippen LogP contribution in [0.25, 0.3) is 0 Å². The highest BCUT2D eigenvalue weighted by atomic mass is 32.2. The summed E-state index contributed by atoms with van der Waals surface area (Å²) in [5.41, 5.74) is -0.434. The monoisotopic (exact) mass is 245 g/mol. The van der Waals surface area contributed by atoms with E-state index in [9.17, 15) is 4.79 Å². The van der Waals surface area contributed by atoms with Gasteiger partial charge in [-0.1, -0.05) is 0 Å². The molecule has 0 aromatic heterocycles. The maximum Gasteiger partial charge on any atom is 0.412 e. The van der Waals surface area contributed by atoms with Crippen LogP contribution in [-0.2, 0) is 9.47 Å². The zero-order chi connectivity index (χ0) is 11.8. The molecule has 0 radical (unpaired) electrons. The summed E-state index contributed by atoms with van der Waals surface area (Å²) in [7, 11) is 0. The molecule has 4 nitrogen and oxygen atoms in total. The third-order valence-corrected chi connectivity index (χ3v) is 3.82. The largest absolute Gasteiger partial charge is 0.444 e. The van der Waals surface area contributed by atoms with Crippen LogP contribution in [0.4, 0.5) is 4.79 Å². The lowest BCUT2D eigenvalue weighted by atomic mass is 10.1. The number of hydrogen-bond acceptors (Lipinski definition) is 4. The van der Waals surface area contributed by atoms with Gasteiger partial charge in [-0.3, -0.25) is 4.90 Å². The summed E-state index contributed by atoms with van der Waals surface area (Å²) in [5.74, 6) is 2.09. The summed E-state index contributed by atoms with van der Waals surface area (Å²) in [6, 6.07) is 0.202. The van der Waals surface area contributed by atoms with Crippen molar-refractivity contribution in [3.05, 3.63) is 0 Å². The minimum Gasteiger partial charge on any atom is -0.444 e. The molecule has 0 aromatic carbocycles. The van der Waals surface area contributed by atoms with E-state index < -0.39 is 5.60 Å². The Morgan fingerprint density at radius 1 is 1.50 bits per heavy atom. The molecule has 2 rings (SSSR count). The van der Waals surface area contributed by atoms with Gasteiger partial charge in [0.2, 0.25) is 0 Å². The lowest BCUT2D eigenvalue weighted by Crippen LogP contribution is -2.45. The second-order valence-corrected chi connectivity index (χ2v) is 6.37. The second-order valence-electron chi connectivity index (χ2n) is 5.22. The fourth-order valence-corrected chi connectivity index (χ4v) is 3.17. The minimum absolute atomic E-state index is 0.202. The predicted octanol–water partition coefficient (Wildman–Crippen LogP) is 2.09. The summed E-state index contributed by atoms with van der Waals surface area (Å²) >= 11 is 1.88. The van der Waals surface area contributed by atoms with E-state index in [2.05, 4.69) is 0 Å². The Balaban J connectivity index is 1.97. The average molecular weight is 245 g/mol. The van der Waals surface area contributed by atoms with Crippen LogP contribution in [0.5, 0.6) is 0 Å². The molecule has 16 heavy (non-hydrogen) atoms. The predicted molar refractivity (Wildman–Crippen MR) is 63.5 cm³/mol. The highest BCUT2D eigenvalue weighted by Crippen LogP contribution is 2.30. The molecule has 0 saturated carbocycles. The van der Waals surface area contributed by atoms with E-state index >= 15 is 0 Å². The number of carbonyl (C=O) groups excluding carboxylic acids is 1. The van der Waals surface area contributed by atoms with Gasteiger partial charge in [-0.2, -0.15) is 11.8 Å². The number of rotatable bonds is 0. The van der Waals surface area contributed by atoms with Crippen molar-refractivity contribution in [2.24, 2.45) is 0 Å². The van der Waals surface area contributed by atoms with E-state index in [-0.39, 0.29) is 18.2 Å². The number of amides is 1. The third kappa shape index (κ3) is 2.63. The molecule has 1 amide bonds. The van der Waals surface area contributed by atoms with Gasteiger partial charge in [-0.15, -0.1) is 0 Å². The number of ether oxygens (including phenoxy) is 2. The molecule has 2 fully saturated rings. The number of nitrogens with zero attached hydrogens (tertiary/aromatic N) is 1. The molecule has 2 saturated heterocycles. The Morgan fingerprint density at radius 2 is 2.25 bits per heavy atom. The number of thioether (sulfide) groups is 1. The van der Waals surface area contributed by atoms with E-state index in [1.54, 1.807) is 4.90 Å². The topological polar surface area (TPSA) is 38.8 Å². The van der Waals surface area contributed by atoms with Gasteiger partial charge in [0.25, 0.3) is 0 Å². The molecule has 2 aliphatic heterocycles. The fourth-order valence-electron chi connectivity index (χ4n) is 1.97. The van der Waals surface area contributed by atoms with E-state index in [4.69, 9.17) is 9.47 Å². The number of fused-ring (bicyclic) bond motifs is 1. The molecule has 92 valence electrons. The van der Waals surface area contributed by atoms with Crippen molar-refractivity contribution >= 4 is 17.9 Å². The molecule has 2 heterocycles. The van der Waals surface area contributed by atoms with E-state index in [0.717, 1.165) is 17.9 Å². The molecule has 0 spiro atoms. The minimum atomic E-state index is -0.434. The van der Waals surface area contributed by atoms with Crippen LogP contribution in [-0.4, -0.2) is 47.0 Å². The quantitative estimate of drug-likeness (QED) is 0.655. The van der Waals surface area contributed by atoms with Crippen molar-refractivity contribution in [3.63, 3.8) is 0 Å². The summed E-state index contributed by atoms with van der Waals surface area (Å²) in [6.07, 6.45) is 1.01. The average Bonchev–Trinajstić information content (AvgIpc) is 2.58. The summed E-state index contributed by atoms with van der Waals surface area (Å²) < 4.78 is 11.0. The van der Waals surface area contributed by atoms with E-state index in [0.29, 0.717) is 6.73 Å². The lowest BCUT2D eigenvalue weighted by Gasteiger charge is -2.30. The van der Waals surface area contributed by atoms with E-state index in [1.807, 2.05) is 32.5 Å². The van der Waals surface area contributed by atoms with Crippen molar-refractivity contribution in [2.75, 3.05) is 18.2 Å². The molecule has 2 atom stereocenters. The second kappa shape index (κ2) is 4.45. The van der Waals surface area contributed by atoms with Crippen molar-refractivity contribution in [3.8, 4) is 0 Å². The van der Waals surface area contributed by atoms with Crippen molar-refractivity contribution < 1.29 is 14.3 Å². The van der Waals surface area contributed by atoms with Crippen LogP contribution < -0.4 is 0 Å². The Kier molecular flexibility index (Phi) is 3.35. The van der Waals surface area contributed by atoms with Crippen LogP contribution in [0, 0.1) is 0 Å². The molecular weight excluding hydrogens is 226 g/mol. The molecule has 0 bridgehead atoms. The van der Waals surface area contributed by atoms with Crippen LogP contribution >= 0.6 is 11.8 Å². The zero-order valence-corrected chi connectivity index (χ0v) is 10.9. The van der Waals surface area contributed by atoms with Crippen LogP contribution in [0.3, 0.4) is 0 Å². The van der Waals surface area contributed by atoms with Gasteiger partial charge in [0.15, 0.2) is 0 Å². The Morgan fingerprint density at radius 3 is 2.94 bits per heavy atom. The van der Waals surface area contributed by atoms with Crippen LogP contribution in [0.2, 0.25) is 0 Å². The smallest absolute Gasteiger partial charge is 0.412 e. The molecular formula is C11H19NO3S. The van der Waals surface area contributed by atoms with Crippen molar-refractivity contribution in [1.82, 2.24) is 4.90 Å².